The van der Waals surface area contributed by atoms with Crippen LogP contribution < -0.4 is 21.3 Å². The number of rotatable bonds is 4. The van der Waals surface area contributed by atoms with Crippen LogP contribution in [0.4, 0.5) is 11.5 Å². The molecular formula is C22H23N7O. The number of pyridine rings is 2. The second kappa shape index (κ2) is 7.74. The largest absolute Gasteiger partial charge is 0.378 e. The molecule has 1 unspecified atom stereocenters. The first-order valence-corrected chi connectivity index (χ1v) is 9.93. The second-order valence-corrected chi connectivity index (χ2v) is 7.30. The first-order chi connectivity index (χ1) is 14.7. The van der Waals surface area contributed by atoms with Crippen LogP contribution in [0.3, 0.4) is 0 Å². The van der Waals surface area contributed by atoms with E-state index in [9.17, 15) is 0 Å². The van der Waals surface area contributed by atoms with Gasteiger partial charge in [0.2, 0.25) is 5.79 Å². The van der Waals surface area contributed by atoms with Crippen molar-refractivity contribution in [3.63, 3.8) is 0 Å². The number of fused-ring (bicyclic) bond motifs is 1. The van der Waals surface area contributed by atoms with Crippen molar-refractivity contribution < 1.29 is 4.74 Å². The molecule has 5 rings (SSSR count). The van der Waals surface area contributed by atoms with Crippen molar-refractivity contribution in [3.8, 4) is 0 Å². The van der Waals surface area contributed by atoms with E-state index in [1.807, 2.05) is 48.5 Å². The predicted molar refractivity (Wildman–Crippen MR) is 118 cm³/mol. The molecule has 0 amide bonds. The summed E-state index contributed by atoms with van der Waals surface area (Å²) in [7, 11) is 0. The Labute approximate surface area is 174 Å². The van der Waals surface area contributed by atoms with Crippen LogP contribution in [-0.2, 0) is 10.5 Å². The number of nitrogens with one attached hydrogen (secondary N) is 2. The van der Waals surface area contributed by atoms with Crippen LogP contribution in [0.1, 0.15) is 5.56 Å². The van der Waals surface area contributed by atoms with Crippen molar-refractivity contribution in [1.29, 1.82) is 0 Å². The number of morpholine rings is 1. The molecule has 1 fully saturated rings. The molecule has 30 heavy (non-hydrogen) atoms. The average molecular weight is 401 g/mol. The lowest BCUT2D eigenvalue weighted by Crippen LogP contribution is -2.51. The molecule has 3 aromatic rings. The first-order valence-electron chi connectivity index (χ1n) is 9.93. The zero-order valence-electron chi connectivity index (χ0n) is 16.5. The fourth-order valence-corrected chi connectivity index (χ4v) is 3.61. The summed E-state index contributed by atoms with van der Waals surface area (Å²) in [5.74, 6) is 0.557. The van der Waals surface area contributed by atoms with Gasteiger partial charge in [-0.2, -0.15) is 0 Å². The number of allylic oxidation sites excluding steroid dienone is 1. The molecule has 1 aromatic carbocycles. The Bertz CT molecular complexity index is 1110. The quantitative estimate of drug-likeness (QED) is 0.616. The smallest absolute Gasteiger partial charge is 0.211 e. The highest BCUT2D eigenvalue weighted by molar-refractivity contribution is 5.82. The van der Waals surface area contributed by atoms with Crippen molar-refractivity contribution in [2.45, 2.75) is 5.79 Å². The topological polar surface area (TPSA) is 101 Å². The van der Waals surface area contributed by atoms with Crippen LogP contribution in [0.5, 0.6) is 0 Å². The van der Waals surface area contributed by atoms with Crippen LogP contribution in [-0.4, -0.2) is 42.5 Å². The Hall–Kier alpha value is -3.49. The summed E-state index contributed by atoms with van der Waals surface area (Å²) < 4.78 is 5.40. The van der Waals surface area contributed by atoms with Gasteiger partial charge in [0, 0.05) is 36.5 Å². The minimum Gasteiger partial charge on any atom is -0.378 e. The summed E-state index contributed by atoms with van der Waals surface area (Å²) in [5, 5.41) is 7.67. The zero-order chi connectivity index (χ0) is 20.4. The fraction of sp³-hybridized carbons (Fsp3) is 0.227. The second-order valence-electron chi connectivity index (χ2n) is 7.30. The summed E-state index contributed by atoms with van der Waals surface area (Å²) in [6, 6.07) is 14.0. The summed E-state index contributed by atoms with van der Waals surface area (Å²) in [6.07, 6.45) is 7.11. The predicted octanol–water partition coefficient (Wildman–Crippen LogP) is 2.16. The Morgan fingerprint density at radius 3 is 2.77 bits per heavy atom. The van der Waals surface area contributed by atoms with Crippen LogP contribution in [0.2, 0.25) is 0 Å². The van der Waals surface area contributed by atoms with Gasteiger partial charge in [0.15, 0.2) is 0 Å². The number of benzene rings is 1. The molecule has 0 spiro atoms. The number of hydrogen-bond acceptors (Lipinski definition) is 8. The third kappa shape index (κ3) is 3.70. The Kier molecular flexibility index (Phi) is 4.78. The Morgan fingerprint density at radius 1 is 1.07 bits per heavy atom. The Morgan fingerprint density at radius 2 is 1.93 bits per heavy atom. The van der Waals surface area contributed by atoms with Crippen LogP contribution >= 0.6 is 0 Å². The van der Waals surface area contributed by atoms with Gasteiger partial charge in [-0.25, -0.2) is 9.98 Å². The first kappa shape index (κ1) is 18.5. The summed E-state index contributed by atoms with van der Waals surface area (Å²) in [6.45, 7) is 3.12. The van der Waals surface area contributed by atoms with Gasteiger partial charge in [-0.05, 0) is 30.3 Å². The van der Waals surface area contributed by atoms with E-state index in [4.69, 9.17) is 10.5 Å². The molecule has 2 aromatic heterocycles. The summed E-state index contributed by atoms with van der Waals surface area (Å²) >= 11 is 0. The van der Waals surface area contributed by atoms with E-state index in [0.717, 1.165) is 60.1 Å². The molecule has 0 radical (unpaired) electrons. The average Bonchev–Trinajstić information content (AvgIpc) is 2.80. The molecule has 1 saturated heterocycles. The van der Waals surface area contributed by atoms with E-state index in [0.29, 0.717) is 0 Å². The van der Waals surface area contributed by atoms with Gasteiger partial charge in [-0.3, -0.25) is 10.7 Å². The number of nitrogens with two attached hydrogens (primary N) is 1. The maximum atomic E-state index is 6.56. The van der Waals surface area contributed by atoms with Gasteiger partial charge < -0.3 is 20.3 Å². The number of aromatic nitrogens is 2. The van der Waals surface area contributed by atoms with Gasteiger partial charge >= 0.3 is 0 Å². The van der Waals surface area contributed by atoms with E-state index >= 15 is 0 Å². The third-order valence-corrected chi connectivity index (χ3v) is 5.24. The van der Waals surface area contributed by atoms with E-state index < -0.39 is 5.79 Å². The molecule has 0 saturated carbocycles. The van der Waals surface area contributed by atoms with E-state index in [-0.39, 0.29) is 0 Å². The normalized spacial score (nSPS) is 21.2. The van der Waals surface area contributed by atoms with E-state index in [2.05, 4.69) is 30.5 Å². The lowest BCUT2D eigenvalue weighted by atomic mass is 10.1. The lowest BCUT2D eigenvalue weighted by Gasteiger charge is -2.32. The van der Waals surface area contributed by atoms with Gasteiger partial charge in [0.05, 0.1) is 30.6 Å². The van der Waals surface area contributed by atoms with Crippen molar-refractivity contribution in [3.05, 3.63) is 72.3 Å². The standard InChI is InChI=1S/C22H23N7O/c23-22(17-5-6-21(25-14-17)29-9-11-30-12-10-29)26-8-7-20(28-22)27-18-13-16-3-1-2-4-19(16)24-15-18/h1-8,13-15,27-28H,9-12,23H2. The zero-order valence-corrected chi connectivity index (χ0v) is 16.5. The highest BCUT2D eigenvalue weighted by Gasteiger charge is 2.29. The molecule has 0 bridgehead atoms. The molecule has 1 atom stereocenters. The maximum absolute atomic E-state index is 6.56. The van der Waals surface area contributed by atoms with Gasteiger partial charge in [0.1, 0.15) is 11.6 Å². The number of anilines is 2. The minimum absolute atomic E-state index is 0.722. The number of hydrogen-bond donors (Lipinski definition) is 3. The van der Waals surface area contributed by atoms with E-state index in [1.54, 1.807) is 18.6 Å². The molecule has 152 valence electrons. The SMILES string of the molecule is NC1(c2ccc(N3CCOCC3)nc2)N=CC=C(Nc2cnc3ccccc3c2)N1. The van der Waals surface area contributed by atoms with Crippen LogP contribution in [0, 0.1) is 0 Å². The van der Waals surface area contributed by atoms with Gasteiger partial charge in [-0.15, -0.1) is 0 Å². The monoisotopic (exact) mass is 401 g/mol. The lowest BCUT2D eigenvalue weighted by molar-refractivity contribution is 0.122. The third-order valence-electron chi connectivity index (χ3n) is 5.24. The van der Waals surface area contributed by atoms with E-state index in [1.165, 1.54) is 0 Å². The van der Waals surface area contributed by atoms with Crippen molar-refractivity contribution in [2.24, 2.45) is 10.7 Å². The molecule has 0 aliphatic carbocycles. The van der Waals surface area contributed by atoms with Crippen LogP contribution in [0.25, 0.3) is 10.9 Å². The molecule has 8 heteroatoms. The Balaban J connectivity index is 1.32. The highest BCUT2D eigenvalue weighted by Crippen LogP contribution is 2.24. The minimum atomic E-state index is -1.10. The molecule has 2 aliphatic rings. The van der Waals surface area contributed by atoms with Gasteiger partial charge in [0.25, 0.3) is 0 Å². The number of ether oxygens (including phenoxy) is 1. The number of aliphatic imine (C=N–C) groups is 1. The highest BCUT2D eigenvalue weighted by atomic mass is 16.5. The van der Waals surface area contributed by atoms with Crippen molar-refractivity contribution in [2.75, 3.05) is 36.5 Å². The number of nitrogens with zero attached hydrogens (tertiary/aromatic N) is 4. The summed E-state index contributed by atoms with van der Waals surface area (Å²) in [5.41, 5.74) is 9.16. The van der Waals surface area contributed by atoms with Gasteiger partial charge in [-0.1, -0.05) is 18.2 Å². The van der Waals surface area contributed by atoms with Crippen molar-refractivity contribution >= 4 is 28.6 Å². The van der Waals surface area contributed by atoms with Crippen molar-refractivity contribution in [1.82, 2.24) is 15.3 Å². The molecular weight excluding hydrogens is 378 g/mol. The summed E-state index contributed by atoms with van der Waals surface area (Å²) in [4.78, 5) is 15.7. The van der Waals surface area contributed by atoms with Crippen LogP contribution in [0.15, 0.2) is 71.7 Å². The number of para-hydroxylation sites is 1. The molecule has 2 aliphatic heterocycles. The molecule has 4 heterocycles. The molecule has 8 nitrogen and oxygen atoms in total. The molecule has 4 N–H and O–H groups in total. The fourth-order valence-electron chi connectivity index (χ4n) is 3.61. The maximum Gasteiger partial charge on any atom is 0.211 e.